The fourth-order valence-electron chi connectivity index (χ4n) is 1.44. The van der Waals surface area contributed by atoms with Crippen molar-refractivity contribution in [3.05, 3.63) is 51.9 Å². The van der Waals surface area contributed by atoms with Crippen LogP contribution in [0.2, 0.25) is 5.15 Å². The normalized spacial score (nSPS) is 10.4. The average molecular weight is 251 g/mol. The summed E-state index contributed by atoms with van der Waals surface area (Å²) in [5.41, 5.74) is 6.29. The van der Waals surface area contributed by atoms with Crippen molar-refractivity contribution in [1.29, 1.82) is 0 Å². The lowest BCUT2D eigenvalue weighted by atomic mass is 10.2. The minimum absolute atomic E-state index is 0.0103. The molecule has 5 nitrogen and oxygen atoms in total. The summed E-state index contributed by atoms with van der Waals surface area (Å²) in [5.74, 6) is 0. The second-order valence-electron chi connectivity index (χ2n) is 3.55. The largest absolute Gasteiger partial charge is 0.392 e. The standard InChI is InChI=1S/C11H11ClN4O/c12-10-9(13)11(17)16(7-15-10)6-3-8-1-4-14-5-2-8/h1-2,4-5,7H,3,6,13H2. The van der Waals surface area contributed by atoms with Crippen LogP contribution in [0.3, 0.4) is 0 Å². The van der Waals surface area contributed by atoms with Gasteiger partial charge in [0.2, 0.25) is 0 Å². The molecule has 0 unspecified atom stereocenters. The predicted molar refractivity (Wildman–Crippen MR) is 65.9 cm³/mol. The van der Waals surface area contributed by atoms with Crippen molar-refractivity contribution < 1.29 is 0 Å². The Kier molecular flexibility index (Phi) is 3.39. The molecule has 0 amide bonds. The zero-order valence-corrected chi connectivity index (χ0v) is 9.76. The maximum absolute atomic E-state index is 11.7. The van der Waals surface area contributed by atoms with E-state index in [1.807, 2.05) is 12.1 Å². The van der Waals surface area contributed by atoms with Gasteiger partial charge in [0.1, 0.15) is 5.69 Å². The van der Waals surface area contributed by atoms with Gasteiger partial charge in [0.05, 0.1) is 6.33 Å². The molecule has 2 aromatic rings. The van der Waals surface area contributed by atoms with Gasteiger partial charge in [-0.15, -0.1) is 0 Å². The van der Waals surface area contributed by atoms with E-state index in [2.05, 4.69) is 9.97 Å². The van der Waals surface area contributed by atoms with Crippen molar-refractivity contribution in [2.45, 2.75) is 13.0 Å². The van der Waals surface area contributed by atoms with E-state index < -0.39 is 0 Å². The Morgan fingerprint density at radius 3 is 2.76 bits per heavy atom. The lowest BCUT2D eigenvalue weighted by Gasteiger charge is -2.06. The second kappa shape index (κ2) is 4.97. The second-order valence-corrected chi connectivity index (χ2v) is 3.91. The molecule has 0 saturated heterocycles. The molecule has 6 heteroatoms. The lowest BCUT2D eigenvalue weighted by Crippen LogP contribution is -2.24. The number of nitrogens with zero attached hydrogens (tertiary/aromatic N) is 3. The molecule has 0 aromatic carbocycles. The van der Waals surface area contributed by atoms with Crippen LogP contribution in [0, 0.1) is 0 Å². The van der Waals surface area contributed by atoms with Crippen molar-refractivity contribution in [2.75, 3.05) is 5.73 Å². The highest BCUT2D eigenvalue weighted by molar-refractivity contribution is 6.31. The molecule has 0 aliphatic carbocycles. The van der Waals surface area contributed by atoms with Crippen LogP contribution in [0.15, 0.2) is 35.6 Å². The maximum atomic E-state index is 11.7. The number of aromatic nitrogens is 3. The molecule has 88 valence electrons. The summed E-state index contributed by atoms with van der Waals surface area (Å²) in [5, 5.41) is 0.0511. The molecule has 0 aliphatic rings. The van der Waals surface area contributed by atoms with Crippen molar-refractivity contribution in [3.8, 4) is 0 Å². The third-order valence-corrected chi connectivity index (χ3v) is 2.72. The van der Waals surface area contributed by atoms with Gasteiger partial charge >= 0.3 is 0 Å². The van der Waals surface area contributed by atoms with Crippen molar-refractivity contribution in [2.24, 2.45) is 0 Å². The Bertz CT molecular complexity index is 567. The molecule has 0 spiro atoms. The van der Waals surface area contributed by atoms with Gasteiger partial charge in [-0.1, -0.05) is 11.6 Å². The number of hydrogen-bond acceptors (Lipinski definition) is 4. The van der Waals surface area contributed by atoms with Crippen molar-refractivity contribution in [1.82, 2.24) is 14.5 Å². The molecule has 0 radical (unpaired) electrons. The van der Waals surface area contributed by atoms with Crippen LogP contribution in [-0.2, 0) is 13.0 Å². The third-order valence-electron chi connectivity index (χ3n) is 2.41. The van der Waals surface area contributed by atoms with Crippen molar-refractivity contribution >= 4 is 17.3 Å². The number of pyridine rings is 1. The Morgan fingerprint density at radius 1 is 1.35 bits per heavy atom. The van der Waals surface area contributed by atoms with Gasteiger partial charge in [-0.25, -0.2) is 4.98 Å². The minimum atomic E-state index is -0.306. The lowest BCUT2D eigenvalue weighted by molar-refractivity contribution is 0.656. The summed E-state index contributed by atoms with van der Waals surface area (Å²) in [7, 11) is 0. The molecule has 0 fully saturated rings. The van der Waals surface area contributed by atoms with E-state index in [1.165, 1.54) is 10.9 Å². The van der Waals surface area contributed by atoms with Crippen LogP contribution in [0.25, 0.3) is 0 Å². The highest BCUT2D eigenvalue weighted by Crippen LogP contribution is 2.08. The van der Waals surface area contributed by atoms with Gasteiger partial charge < -0.3 is 5.73 Å². The van der Waals surface area contributed by atoms with Gasteiger partial charge in [-0.05, 0) is 24.1 Å². The quantitative estimate of drug-likeness (QED) is 0.829. The summed E-state index contributed by atoms with van der Waals surface area (Å²) >= 11 is 5.65. The average Bonchev–Trinajstić information content (AvgIpc) is 2.36. The van der Waals surface area contributed by atoms with Gasteiger partial charge in [-0.2, -0.15) is 0 Å². The smallest absolute Gasteiger partial charge is 0.278 e. The Hall–Kier alpha value is -1.88. The van der Waals surface area contributed by atoms with E-state index in [0.717, 1.165) is 5.56 Å². The zero-order valence-electron chi connectivity index (χ0n) is 9.01. The van der Waals surface area contributed by atoms with Crippen LogP contribution in [0.1, 0.15) is 5.56 Å². The zero-order chi connectivity index (χ0) is 12.3. The van der Waals surface area contributed by atoms with E-state index in [4.69, 9.17) is 17.3 Å². The number of nitrogen functional groups attached to an aromatic ring is 1. The van der Waals surface area contributed by atoms with E-state index in [1.54, 1.807) is 12.4 Å². The summed E-state index contributed by atoms with van der Waals surface area (Å²) in [6.07, 6.45) is 5.55. The molecule has 0 aliphatic heterocycles. The first-order valence-corrected chi connectivity index (χ1v) is 5.45. The predicted octanol–water partition coefficient (Wildman–Crippen LogP) is 1.12. The third kappa shape index (κ3) is 2.62. The summed E-state index contributed by atoms with van der Waals surface area (Å²) < 4.78 is 1.45. The van der Waals surface area contributed by atoms with E-state index in [0.29, 0.717) is 13.0 Å². The number of aryl methyl sites for hydroxylation is 2. The van der Waals surface area contributed by atoms with E-state index >= 15 is 0 Å². The Morgan fingerprint density at radius 2 is 2.06 bits per heavy atom. The molecule has 0 saturated carbocycles. The molecule has 0 atom stereocenters. The van der Waals surface area contributed by atoms with Crippen LogP contribution in [0.4, 0.5) is 5.69 Å². The maximum Gasteiger partial charge on any atom is 0.278 e. The number of halogens is 1. The van der Waals surface area contributed by atoms with Crippen LogP contribution >= 0.6 is 11.6 Å². The number of anilines is 1. The SMILES string of the molecule is Nc1c(Cl)ncn(CCc2ccncc2)c1=O. The molecular formula is C11H11ClN4O. The van der Waals surface area contributed by atoms with Gasteiger partial charge in [0, 0.05) is 18.9 Å². The minimum Gasteiger partial charge on any atom is -0.392 e. The van der Waals surface area contributed by atoms with Crippen LogP contribution < -0.4 is 11.3 Å². The highest BCUT2D eigenvalue weighted by atomic mass is 35.5. The summed E-state index contributed by atoms with van der Waals surface area (Å²) in [4.78, 5) is 19.5. The summed E-state index contributed by atoms with van der Waals surface area (Å²) in [6.45, 7) is 0.511. The fourth-order valence-corrected chi connectivity index (χ4v) is 1.57. The van der Waals surface area contributed by atoms with E-state index in [-0.39, 0.29) is 16.4 Å². The highest BCUT2D eigenvalue weighted by Gasteiger charge is 2.05. The first-order valence-electron chi connectivity index (χ1n) is 5.08. The van der Waals surface area contributed by atoms with E-state index in [9.17, 15) is 4.79 Å². The Balaban J connectivity index is 2.16. The fraction of sp³-hybridized carbons (Fsp3) is 0.182. The monoisotopic (exact) mass is 250 g/mol. The summed E-state index contributed by atoms with van der Waals surface area (Å²) in [6, 6.07) is 3.80. The van der Waals surface area contributed by atoms with Gasteiger partial charge in [-0.3, -0.25) is 14.3 Å². The molecule has 2 N–H and O–H groups in total. The van der Waals surface area contributed by atoms with Gasteiger partial charge in [0.15, 0.2) is 5.15 Å². The van der Waals surface area contributed by atoms with Crippen LogP contribution in [0.5, 0.6) is 0 Å². The molecule has 17 heavy (non-hydrogen) atoms. The Labute approximate surface area is 103 Å². The van der Waals surface area contributed by atoms with Crippen LogP contribution in [-0.4, -0.2) is 14.5 Å². The number of nitrogens with two attached hydrogens (primary N) is 1. The molecule has 2 heterocycles. The molecule has 0 bridgehead atoms. The first-order chi connectivity index (χ1) is 8.18. The first kappa shape index (κ1) is 11.6. The molecule has 2 rings (SSSR count). The number of hydrogen-bond donors (Lipinski definition) is 1. The van der Waals surface area contributed by atoms with Crippen molar-refractivity contribution in [3.63, 3.8) is 0 Å². The molecular weight excluding hydrogens is 240 g/mol. The van der Waals surface area contributed by atoms with Gasteiger partial charge in [0.25, 0.3) is 5.56 Å². The molecule has 2 aromatic heterocycles. The number of rotatable bonds is 3. The topological polar surface area (TPSA) is 73.8 Å².